The molecule has 1 amide bonds. The van der Waals surface area contributed by atoms with Crippen molar-refractivity contribution in [2.75, 3.05) is 25.0 Å². The summed E-state index contributed by atoms with van der Waals surface area (Å²) >= 11 is 0. The summed E-state index contributed by atoms with van der Waals surface area (Å²) in [6, 6.07) is 9.25. The summed E-state index contributed by atoms with van der Waals surface area (Å²) in [7, 11) is -6.81. The standard InChI is InChI=1S/C35H41N3O7S2/c1-7-21-36-33(39)16-12-9-13-22-38-30-20-18-26(47(43,44)45)24-28(30)35(4,5)32(38)15-11-8-10-14-31-34(2,3)27-23-25(46(40,41)42)17-19-29(27)37(31)6/h1,8,10-11,14-15,17-20,23-24H,9,12-13,16,21-22H2,2-6H3,(H2-,36,39,40,41,42,43,44,45)/p+1. The Bertz CT molecular complexity index is 1960. The average molecular weight is 681 g/mol. The predicted octanol–water partition coefficient (Wildman–Crippen LogP) is 5.29. The predicted molar refractivity (Wildman–Crippen MR) is 183 cm³/mol. The van der Waals surface area contributed by atoms with Gasteiger partial charge in [-0.2, -0.15) is 21.4 Å². The van der Waals surface area contributed by atoms with E-state index in [4.69, 9.17) is 6.42 Å². The molecule has 12 heteroatoms. The highest BCUT2D eigenvalue weighted by atomic mass is 32.2. The number of hydrogen-bond donors (Lipinski definition) is 3. The van der Waals surface area contributed by atoms with E-state index in [-0.39, 0.29) is 22.2 Å². The minimum Gasteiger partial charge on any atom is -0.345 e. The van der Waals surface area contributed by atoms with E-state index in [1.54, 1.807) is 12.1 Å². The van der Waals surface area contributed by atoms with Crippen LogP contribution in [0.1, 0.15) is 64.5 Å². The van der Waals surface area contributed by atoms with Crippen LogP contribution in [0.25, 0.3) is 0 Å². The molecule has 0 aromatic heterocycles. The van der Waals surface area contributed by atoms with Crippen molar-refractivity contribution in [1.29, 1.82) is 0 Å². The number of fused-ring (bicyclic) bond motifs is 2. The van der Waals surface area contributed by atoms with Crippen LogP contribution in [-0.2, 0) is 35.9 Å². The van der Waals surface area contributed by atoms with Gasteiger partial charge in [-0.15, -0.1) is 6.42 Å². The van der Waals surface area contributed by atoms with Gasteiger partial charge in [0.2, 0.25) is 11.6 Å². The van der Waals surface area contributed by atoms with Crippen LogP contribution in [0.3, 0.4) is 0 Å². The minimum atomic E-state index is -4.38. The Hall–Kier alpha value is -4.02. The molecule has 250 valence electrons. The number of hydrogen-bond acceptors (Lipinski definition) is 6. The maximum absolute atomic E-state index is 11.9. The maximum atomic E-state index is 11.9. The van der Waals surface area contributed by atoms with E-state index in [0.717, 1.165) is 46.8 Å². The van der Waals surface area contributed by atoms with Crippen molar-refractivity contribution in [1.82, 2.24) is 5.32 Å². The van der Waals surface area contributed by atoms with Crippen molar-refractivity contribution in [3.05, 3.63) is 83.6 Å². The van der Waals surface area contributed by atoms with Crippen LogP contribution in [0.15, 0.2) is 82.3 Å². The molecule has 0 radical (unpaired) electrons. The maximum Gasteiger partial charge on any atom is 0.294 e. The Kier molecular flexibility index (Phi) is 10.4. The third-order valence-electron chi connectivity index (χ3n) is 8.87. The number of nitrogens with zero attached hydrogens (tertiary/aromatic N) is 2. The van der Waals surface area contributed by atoms with E-state index in [2.05, 4.69) is 16.1 Å². The Morgan fingerprint density at radius 2 is 1.55 bits per heavy atom. The van der Waals surface area contributed by atoms with Crippen molar-refractivity contribution in [3.8, 4) is 12.3 Å². The fourth-order valence-corrected chi connectivity index (χ4v) is 7.37. The van der Waals surface area contributed by atoms with Gasteiger partial charge in [0.05, 0.1) is 21.8 Å². The number of amides is 1. The van der Waals surface area contributed by atoms with Crippen LogP contribution in [0.5, 0.6) is 0 Å². The molecule has 10 nitrogen and oxygen atoms in total. The van der Waals surface area contributed by atoms with Crippen LogP contribution in [0, 0.1) is 12.3 Å². The fraction of sp³-hybridized carbons (Fsp3) is 0.371. The lowest BCUT2D eigenvalue weighted by atomic mass is 9.81. The zero-order chi connectivity index (χ0) is 34.8. The van der Waals surface area contributed by atoms with Gasteiger partial charge in [0.15, 0.2) is 5.71 Å². The largest absolute Gasteiger partial charge is 0.345 e. The van der Waals surface area contributed by atoms with Gasteiger partial charge in [-0.1, -0.05) is 44.4 Å². The molecule has 0 saturated heterocycles. The Labute approximate surface area is 278 Å². The molecule has 0 spiro atoms. The number of terminal acetylenes is 1. The summed E-state index contributed by atoms with van der Waals surface area (Å²) in [4.78, 5) is 13.8. The normalized spacial score (nSPS) is 17.8. The fourth-order valence-electron chi connectivity index (χ4n) is 6.36. The second kappa shape index (κ2) is 13.6. The van der Waals surface area contributed by atoms with E-state index in [9.17, 15) is 30.7 Å². The topological polar surface area (TPSA) is 144 Å². The first-order valence-corrected chi connectivity index (χ1v) is 18.2. The van der Waals surface area contributed by atoms with Crippen LogP contribution in [-0.4, -0.2) is 62.3 Å². The second-order valence-corrected chi connectivity index (χ2v) is 15.6. The summed E-state index contributed by atoms with van der Waals surface area (Å²) in [5.74, 6) is 2.31. The SMILES string of the molecule is C#CCNC(=O)CCCCCN1\C(=C/C=C/C=C/C2=[N+](C)c3ccc(S(=O)(=O)O)cc3C2(C)C)C(C)(C)c2cc(S(=O)(=O)O)ccc21. The molecule has 47 heavy (non-hydrogen) atoms. The third kappa shape index (κ3) is 7.60. The molecule has 4 rings (SSSR count). The summed E-state index contributed by atoms with van der Waals surface area (Å²) in [5, 5.41) is 2.67. The first kappa shape index (κ1) is 35.8. The Morgan fingerprint density at radius 1 is 0.915 bits per heavy atom. The van der Waals surface area contributed by atoms with Crippen molar-refractivity contribution in [3.63, 3.8) is 0 Å². The van der Waals surface area contributed by atoms with Crippen LogP contribution in [0.4, 0.5) is 11.4 Å². The lowest BCUT2D eigenvalue weighted by molar-refractivity contribution is -0.401. The molecule has 0 atom stereocenters. The summed E-state index contributed by atoms with van der Waals surface area (Å²) < 4.78 is 68.7. The molecular formula is C35H42N3O7S2+. The Morgan fingerprint density at radius 3 is 2.19 bits per heavy atom. The van der Waals surface area contributed by atoms with Crippen LogP contribution < -0.4 is 10.2 Å². The molecule has 0 aliphatic carbocycles. The van der Waals surface area contributed by atoms with Gasteiger partial charge in [0, 0.05) is 47.5 Å². The van der Waals surface area contributed by atoms with Crippen LogP contribution >= 0.6 is 0 Å². The number of carbonyl (C=O) groups is 1. The molecule has 2 heterocycles. The van der Waals surface area contributed by atoms with Gasteiger partial charge in [0.1, 0.15) is 7.05 Å². The zero-order valence-electron chi connectivity index (χ0n) is 27.3. The minimum absolute atomic E-state index is 0.0794. The molecule has 0 bridgehead atoms. The van der Waals surface area contributed by atoms with Gasteiger partial charge < -0.3 is 10.2 Å². The molecule has 2 aromatic carbocycles. The van der Waals surface area contributed by atoms with E-state index >= 15 is 0 Å². The van der Waals surface area contributed by atoms with Crippen LogP contribution in [0.2, 0.25) is 0 Å². The lowest BCUT2D eigenvalue weighted by Gasteiger charge is -2.27. The van der Waals surface area contributed by atoms with Gasteiger partial charge in [-0.05, 0) is 68.7 Å². The van der Waals surface area contributed by atoms with Gasteiger partial charge >= 0.3 is 0 Å². The summed E-state index contributed by atoms with van der Waals surface area (Å²) in [6.07, 6.45) is 17.6. The molecule has 2 aliphatic rings. The number of rotatable bonds is 12. The first-order chi connectivity index (χ1) is 21.9. The monoisotopic (exact) mass is 680 g/mol. The van der Waals surface area contributed by atoms with Crippen molar-refractivity contribution in [2.45, 2.75) is 74.0 Å². The number of unbranched alkanes of at least 4 members (excludes halogenated alkanes) is 2. The molecule has 2 aliphatic heterocycles. The molecule has 3 N–H and O–H groups in total. The van der Waals surface area contributed by atoms with Crippen molar-refractivity contribution in [2.24, 2.45) is 0 Å². The second-order valence-electron chi connectivity index (χ2n) is 12.7. The molecule has 0 unspecified atom stereocenters. The number of allylic oxidation sites excluding steroid dienone is 6. The number of carbonyl (C=O) groups excluding carboxylic acids is 1. The first-order valence-electron chi connectivity index (χ1n) is 15.3. The average Bonchev–Trinajstić information content (AvgIpc) is 3.32. The molecule has 0 fully saturated rings. The number of nitrogens with one attached hydrogen (secondary N) is 1. The third-order valence-corrected chi connectivity index (χ3v) is 10.6. The zero-order valence-corrected chi connectivity index (χ0v) is 29.0. The van der Waals surface area contributed by atoms with Gasteiger partial charge in [-0.25, -0.2) is 0 Å². The highest BCUT2D eigenvalue weighted by Crippen LogP contribution is 2.48. The summed E-state index contributed by atoms with van der Waals surface area (Å²) in [6.45, 7) is 8.86. The Balaban J connectivity index is 1.57. The highest BCUT2D eigenvalue weighted by molar-refractivity contribution is 7.86. The number of anilines is 1. The van der Waals surface area contributed by atoms with Gasteiger partial charge in [0.25, 0.3) is 20.2 Å². The molecule has 2 aromatic rings. The van der Waals surface area contributed by atoms with Gasteiger partial charge in [-0.3, -0.25) is 13.9 Å². The quantitative estimate of drug-likeness (QED) is 0.0903. The smallest absolute Gasteiger partial charge is 0.294 e. The summed E-state index contributed by atoms with van der Waals surface area (Å²) in [5.41, 5.74) is 4.08. The lowest BCUT2D eigenvalue weighted by Crippen LogP contribution is -2.27. The molecular weight excluding hydrogens is 639 g/mol. The molecule has 0 saturated carbocycles. The van der Waals surface area contributed by atoms with E-state index < -0.39 is 31.1 Å². The number of benzene rings is 2. The van der Waals surface area contributed by atoms with Crippen molar-refractivity contribution >= 4 is 43.2 Å². The van der Waals surface area contributed by atoms with E-state index in [1.165, 1.54) is 24.3 Å². The highest BCUT2D eigenvalue weighted by Gasteiger charge is 2.44. The van der Waals surface area contributed by atoms with E-state index in [1.807, 2.05) is 69.7 Å². The van der Waals surface area contributed by atoms with Crippen molar-refractivity contribution < 1.29 is 35.3 Å². The van der Waals surface area contributed by atoms with E-state index in [0.29, 0.717) is 19.4 Å².